The summed E-state index contributed by atoms with van der Waals surface area (Å²) in [5.74, 6) is -2.63. The molecule has 31 heavy (non-hydrogen) atoms. The fourth-order valence-corrected chi connectivity index (χ4v) is 4.65. The first-order chi connectivity index (χ1) is 14.5. The van der Waals surface area contributed by atoms with E-state index < -0.39 is 18.3 Å². The van der Waals surface area contributed by atoms with Gasteiger partial charge in [-0.1, -0.05) is 0 Å². The lowest BCUT2D eigenvalue weighted by molar-refractivity contribution is -0.192. The number of rotatable bonds is 6. The second-order valence-corrected chi connectivity index (χ2v) is 8.67. The Hall–Kier alpha value is -1.46. The highest BCUT2D eigenvalue weighted by molar-refractivity contribution is 5.80. The maximum Gasteiger partial charge on any atom is 0.490 e. The van der Waals surface area contributed by atoms with Crippen molar-refractivity contribution in [1.29, 1.82) is 0 Å². The molecule has 2 heterocycles. The van der Waals surface area contributed by atoms with Crippen LogP contribution in [0.1, 0.15) is 32.1 Å². The molecule has 1 amide bonds. The van der Waals surface area contributed by atoms with Gasteiger partial charge in [-0.05, 0) is 37.5 Å². The number of piperidine rings is 1. The number of likely N-dealkylation sites (tertiary alicyclic amines) is 2. The number of amides is 1. The van der Waals surface area contributed by atoms with Crippen LogP contribution in [0.25, 0.3) is 0 Å². The smallest absolute Gasteiger partial charge is 0.475 e. The molecule has 1 N–H and O–H groups in total. The zero-order valence-corrected chi connectivity index (χ0v) is 18.0. The third kappa shape index (κ3) is 7.01. The van der Waals surface area contributed by atoms with E-state index in [9.17, 15) is 22.4 Å². The number of carbonyl (C=O) groups excluding carboxylic acids is 1. The molecule has 0 aromatic carbocycles. The number of carboxylic acids is 1. The summed E-state index contributed by atoms with van der Waals surface area (Å²) in [4.78, 5) is 25.8. The maximum absolute atomic E-state index is 13.0. The molecular weight excluding hydrogens is 424 g/mol. The maximum atomic E-state index is 13.0. The highest BCUT2D eigenvalue weighted by atomic mass is 19.4. The number of aliphatic carboxylic acids is 1. The van der Waals surface area contributed by atoms with E-state index in [-0.39, 0.29) is 11.8 Å². The van der Waals surface area contributed by atoms with E-state index >= 15 is 0 Å². The van der Waals surface area contributed by atoms with Gasteiger partial charge in [0.2, 0.25) is 5.91 Å². The van der Waals surface area contributed by atoms with Crippen molar-refractivity contribution in [3.05, 3.63) is 0 Å². The van der Waals surface area contributed by atoms with E-state index in [2.05, 4.69) is 4.90 Å². The fourth-order valence-electron chi connectivity index (χ4n) is 4.65. The molecule has 3 aliphatic rings. The number of hydrogen-bond acceptors (Lipinski definition) is 5. The average molecular weight is 456 g/mol. The predicted octanol–water partition coefficient (Wildman–Crippen LogP) is 2.34. The van der Waals surface area contributed by atoms with Crippen molar-refractivity contribution in [3.63, 3.8) is 0 Å². The molecule has 0 bridgehead atoms. The topological polar surface area (TPSA) is 79.3 Å². The second-order valence-electron chi connectivity index (χ2n) is 8.67. The summed E-state index contributed by atoms with van der Waals surface area (Å²) in [6.07, 6.45) is -1.73. The summed E-state index contributed by atoms with van der Waals surface area (Å²) in [7, 11) is 3.50. The summed E-state index contributed by atoms with van der Waals surface area (Å²) in [5.41, 5.74) is 0.302. The number of carbonyl (C=O) groups is 2. The van der Waals surface area contributed by atoms with Crippen LogP contribution in [0, 0.1) is 11.3 Å². The average Bonchev–Trinajstić information content (AvgIpc) is 3.01. The first-order valence-corrected chi connectivity index (χ1v) is 10.5. The molecule has 180 valence electrons. The van der Waals surface area contributed by atoms with Crippen LogP contribution in [0.5, 0.6) is 0 Å². The Balaban J connectivity index is 0.000000423. The van der Waals surface area contributed by atoms with E-state index in [1.54, 1.807) is 14.2 Å². The minimum Gasteiger partial charge on any atom is -0.475 e. The molecule has 11 heteroatoms. The largest absolute Gasteiger partial charge is 0.490 e. The monoisotopic (exact) mass is 456 g/mol. The molecule has 1 aliphatic carbocycles. The van der Waals surface area contributed by atoms with E-state index in [0.29, 0.717) is 24.3 Å². The molecule has 1 saturated carbocycles. The zero-order chi connectivity index (χ0) is 23.2. The second kappa shape index (κ2) is 10.9. The van der Waals surface area contributed by atoms with Crippen LogP contribution >= 0.6 is 0 Å². The zero-order valence-electron chi connectivity index (χ0n) is 18.0. The van der Waals surface area contributed by atoms with E-state index in [1.807, 2.05) is 4.90 Å². The molecule has 1 spiro atoms. The van der Waals surface area contributed by atoms with Gasteiger partial charge in [-0.3, -0.25) is 9.69 Å². The highest BCUT2D eigenvalue weighted by Gasteiger charge is 2.47. The summed E-state index contributed by atoms with van der Waals surface area (Å²) >= 11 is 0. The van der Waals surface area contributed by atoms with Crippen LogP contribution in [0.2, 0.25) is 0 Å². The third-order valence-corrected chi connectivity index (χ3v) is 6.47. The van der Waals surface area contributed by atoms with Crippen molar-refractivity contribution in [2.45, 2.75) is 50.5 Å². The van der Waals surface area contributed by atoms with Gasteiger partial charge in [-0.2, -0.15) is 13.2 Å². The molecule has 0 radical (unpaired) electrons. The Kier molecular flexibility index (Phi) is 9.08. The molecule has 1 atom stereocenters. The lowest BCUT2D eigenvalue weighted by atomic mass is 9.75. The first-order valence-electron chi connectivity index (χ1n) is 10.5. The molecule has 1 unspecified atom stereocenters. The summed E-state index contributed by atoms with van der Waals surface area (Å²) in [6, 6.07) is 0.450. The Morgan fingerprint density at radius 2 is 1.71 bits per heavy atom. The predicted molar refractivity (Wildman–Crippen MR) is 103 cm³/mol. The highest BCUT2D eigenvalue weighted by Crippen LogP contribution is 2.44. The van der Waals surface area contributed by atoms with Crippen LogP contribution in [0.3, 0.4) is 0 Å². The van der Waals surface area contributed by atoms with Gasteiger partial charge in [0.25, 0.3) is 0 Å². The third-order valence-electron chi connectivity index (χ3n) is 6.47. The number of nitrogens with zero attached hydrogens (tertiary/aromatic N) is 2. The first kappa shape index (κ1) is 25.8. The molecule has 2 saturated heterocycles. The van der Waals surface area contributed by atoms with Gasteiger partial charge in [-0.15, -0.1) is 0 Å². The lowest BCUT2D eigenvalue weighted by Gasteiger charge is -2.42. The molecular formula is C20H32F4N2O5. The Bertz CT molecular complexity index is 605. The number of alkyl halides is 4. The van der Waals surface area contributed by atoms with Crippen molar-refractivity contribution < 1.29 is 41.7 Å². The number of halogens is 4. The van der Waals surface area contributed by atoms with Crippen LogP contribution in [-0.2, 0) is 19.1 Å². The number of methoxy groups -OCH3 is 2. The summed E-state index contributed by atoms with van der Waals surface area (Å²) in [5, 5.41) is 7.12. The SMILES string of the molecule is COCCN1CC2(CCN(C(=O)C3CC(F)C3)CC2)CC1COC.O=C(O)C(F)(F)F. The van der Waals surface area contributed by atoms with Crippen molar-refractivity contribution in [3.8, 4) is 0 Å². The summed E-state index contributed by atoms with van der Waals surface area (Å²) in [6.45, 7) is 5.16. The Morgan fingerprint density at radius 1 is 1.13 bits per heavy atom. The standard InChI is InChI=1S/C18H31FN2O3.C2HF3O2/c1-23-8-7-21-13-18(11-16(21)12-24-2)3-5-20(6-4-18)17(22)14-9-15(19)10-14;3-2(4,5)1(6)7/h14-16H,3-13H2,1-2H3;(H,6,7). The van der Waals surface area contributed by atoms with Gasteiger partial charge >= 0.3 is 12.1 Å². The Morgan fingerprint density at radius 3 is 2.16 bits per heavy atom. The van der Waals surface area contributed by atoms with E-state index in [1.165, 1.54) is 0 Å². The number of hydrogen-bond donors (Lipinski definition) is 1. The Labute approximate surface area is 179 Å². The normalized spacial score (nSPS) is 28.1. The van der Waals surface area contributed by atoms with Crippen LogP contribution < -0.4 is 0 Å². The van der Waals surface area contributed by atoms with Gasteiger partial charge < -0.3 is 19.5 Å². The molecule has 3 fully saturated rings. The molecule has 0 aromatic rings. The van der Waals surface area contributed by atoms with Crippen LogP contribution in [0.4, 0.5) is 17.6 Å². The van der Waals surface area contributed by atoms with Crippen molar-refractivity contribution in [2.24, 2.45) is 11.3 Å². The summed E-state index contributed by atoms with van der Waals surface area (Å²) < 4.78 is 55.4. The van der Waals surface area contributed by atoms with Crippen molar-refractivity contribution >= 4 is 11.9 Å². The van der Waals surface area contributed by atoms with Crippen LogP contribution in [0.15, 0.2) is 0 Å². The molecule has 2 aliphatic heterocycles. The van der Waals surface area contributed by atoms with Gasteiger partial charge in [-0.25, -0.2) is 9.18 Å². The quantitative estimate of drug-likeness (QED) is 0.619. The molecule has 3 rings (SSSR count). The fraction of sp³-hybridized carbons (Fsp3) is 0.900. The van der Waals surface area contributed by atoms with E-state index in [4.69, 9.17) is 19.4 Å². The number of ether oxygens (including phenoxy) is 2. The minimum absolute atomic E-state index is 0.0583. The van der Waals surface area contributed by atoms with Gasteiger partial charge in [0, 0.05) is 52.4 Å². The lowest BCUT2D eigenvalue weighted by Crippen LogP contribution is -2.48. The van der Waals surface area contributed by atoms with E-state index in [0.717, 1.165) is 58.7 Å². The molecule has 0 aromatic heterocycles. The van der Waals surface area contributed by atoms with Crippen LogP contribution in [-0.4, -0.2) is 98.8 Å². The minimum atomic E-state index is -5.08. The van der Waals surface area contributed by atoms with Gasteiger partial charge in [0.05, 0.1) is 13.2 Å². The van der Waals surface area contributed by atoms with Crippen molar-refractivity contribution in [1.82, 2.24) is 9.80 Å². The van der Waals surface area contributed by atoms with Gasteiger partial charge in [0.15, 0.2) is 0 Å². The van der Waals surface area contributed by atoms with Gasteiger partial charge in [0.1, 0.15) is 6.17 Å². The van der Waals surface area contributed by atoms with Crippen molar-refractivity contribution in [2.75, 3.05) is 53.6 Å². The number of carboxylic acid groups (broad SMARTS) is 1. The molecule has 7 nitrogen and oxygen atoms in total.